The highest BCUT2D eigenvalue weighted by Crippen LogP contribution is 2.30. The van der Waals surface area contributed by atoms with E-state index in [1.54, 1.807) is 36.4 Å². The monoisotopic (exact) mass is 423 g/mol. The molecule has 1 N–H and O–H groups in total. The molecule has 0 amide bonds. The SMILES string of the molecule is CO/C=C(/C(=O)O)c1ccccc1Oc1cc(OCc2ccc([N+](=O)[O-])cc2)ncn1. The smallest absolute Gasteiger partial charge is 0.339 e. The molecule has 3 rings (SSSR count). The molecule has 0 spiro atoms. The number of hydrogen-bond donors (Lipinski definition) is 1. The van der Waals surface area contributed by atoms with Crippen LogP contribution in [0.1, 0.15) is 11.1 Å². The number of nitro benzene ring substituents is 1. The lowest BCUT2D eigenvalue weighted by atomic mass is 10.1. The topological polar surface area (TPSA) is 134 Å². The van der Waals surface area contributed by atoms with E-state index in [-0.39, 0.29) is 35.4 Å². The van der Waals surface area contributed by atoms with Gasteiger partial charge in [-0.2, -0.15) is 0 Å². The molecule has 0 aliphatic carbocycles. The third-order valence-corrected chi connectivity index (χ3v) is 4.01. The van der Waals surface area contributed by atoms with E-state index in [1.807, 2.05) is 0 Å². The van der Waals surface area contributed by atoms with Crippen LogP contribution in [0.15, 0.2) is 67.2 Å². The van der Waals surface area contributed by atoms with Gasteiger partial charge in [0.05, 0.1) is 24.4 Å². The Morgan fingerprint density at radius 1 is 1.13 bits per heavy atom. The van der Waals surface area contributed by atoms with Gasteiger partial charge < -0.3 is 19.3 Å². The number of benzene rings is 2. The van der Waals surface area contributed by atoms with Crippen LogP contribution in [0.5, 0.6) is 17.5 Å². The maximum absolute atomic E-state index is 11.5. The quantitative estimate of drug-likeness (QED) is 0.236. The molecular formula is C21H17N3O7. The Labute approximate surface area is 176 Å². The second-order valence-corrected chi connectivity index (χ2v) is 6.08. The number of para-hydroxylation sites is 1. The minimum Gasteiger partial charge on any atom is -0.503 e. The Morgan fingerprint density at radius 2 is 1.84 bits per heavy atom. The van der Waals surface area contributed by atoms with Gasteiger partial charge in [-0.05, 0) is 23.8 Å². The van der Waals surface area contributed by atoms with Gasteiger partial charge in [0.2, 0.25) is 11.8 Å². The number of rotatable bonds is 9. The fourth-order valence-electron chi connectivity index (χ4n) is 2.57. The molecule has 3 aromatic rings. The Hall–Kier alpha value is -4.47. The van der Waals surface area contributed by atoms with Gasteiger partial charge in [-0.25, -0.2) is 14.8 Å². The predicted molar refractivity (Wildman–Crippen MR) is 109 cm³/mol. The van der Waals surface area contributed by atoms with Crippen molar-refractivity contribution in [3.8, 4) is 17.5 Å². The molecule has 1 aromatic heterocycles. The molecule has 31 heavy (non-hydrogen) atoms. The summed E-state index contributed by atoms with van der Waals surface area (Å²) in [6.45, 7) is 0.130. The third kappa shape index (κ3) is 5.54. The summed E-state index contributed by atoms with van der Waals surface area (Å²) in [5.41, 5.74) is 0.932. The van der Waals surface area contributed by atoms with Gasteiger partial charge in [0.1, 0.15) is 24.3 Å². The van der Waals surface area contributed by atoms with E-state index in [4.69, 9.17) is 14.2 Å². The highest BCUT2D eigenvalue weighted by atomic mass is 16.6. The summed E-state index contributed by atoms with van der Waals surface area (Å²) >= 11 is 0. The number of nitrogens with zero attached hydrogens (tertiary/aromatic N) is 3. The van der Waals surface area contributed by atoms with Gasteiger partial charge in [0.25, 0.3) is 5.69 Å². The summed E-state index contributed by atoms with van der Waals surface area (Å²) in [5, 5.41) is 20.2. The molecule has 0 saturated heterocycles. The maximum atomic E-state index is 11.5. The van der Waals surface area contributed by atoms with E-state index in [2.05, 4.69) is 9.97 Å². The number of non-ortho nitro benzene ring substituents is 1. The summed E-state index contributed by atoms with van der Waals surface area (Å²) < 4.78 is 16.2. The Morgan fingerprint density at radius 3 is 2.52 bits per heavy atom. The lowest BCUT2D eigenvalue weighted by Crippen LogP contribution is -2.03. The van der Waals surface area contributed by atoms with Gasteiger partial charge in [-0.3, -0.25) is 10.1 Å². The van der Waals surface area contributed by atoms with Crippen LogP contribution < -0.4 is 9.47 Å². The molecule has 2 aromatic carbocycles. The largest absolute Gasteiger partial charge is 0.503 e. The van der Waals surface area contributed by atoms with E-state index < -0.39 is 10.9 Å². The molecule has 158 valence electrons. The van der Waals surface area contributed by atoms with E-state index >= 15 is 0 Å². The number of hydrogen-bond acceptors (Lipinski definition) is 8. The van der Waals surface area contributed by atoms with Crippen molar-refractivity contribution in [2.24, 2.45) is 0 Å². The molecule has 0 atom stereocenters. The van der Waals surface area contributed by atoms with Crippen LogP contribution in [-0.2, 0) is 16.1 Å². The highest BCUT2D eigenvalue weighted by molar-refractivity contribution is 6.15. The van der Waals surface area contributed by atoms with E-state index in [9.17, 15) is 20.0 Å². The fourth-order valence-corrected chi connectivity index (χ4v) is 2.57. The molecule has 0 saturated carbocycles. The Kier molecular flexibility index (Phi) is 6.74. The Bertz CT molecular complexity index is 1110. The molecule has 0 radical (unpaired) electrons. The normalized spacial score (nSPS) is 10.9. The number of aromatic nitrogens is 2. The van der Waals surface area contributed by atoms with Crippen molar-refractivity contribution in [3.05, 3.63) is 88.4 Å². The number of carboxylic acids is 1. The van der Waals surface area contributed by atoms with Crippen LogP contribution in [0.25, 0.3) is 5.57 Å². The molecular weight excluding hydrogens is 406 g/mol. The zero-order valence-corrected chi connectivity index (χ0v) is 16.3. The third-order valence-electron chi connectivity index (χ3n) is 4.01. The standard InChI is InChI=1S/C21H17N3O7/c1-29-12-17(21(25)26)16-4-2-3-5-18(16)31-20-10-19(22-13-23-20)30-11-14-6-8-15(9-7-14)24(27)28/h2-10,12-13H,11H2,1H3,(H,25,26)/b17-12+. The van der Waals surface area contributed by atoms with Crippen molar-refractivity contribution >= 4 is 17.2 Å². The Balaban J connectivity index is 1.75. The second kappa shape index (κ2) is 9.83. The molecule has 0 bridgehead atoms. The molecule has 1 heterocycles. The number of nitro groups is 1. The highest BCUT2D eigenvalue weighted by Gasteiger charge is 2.17. The maximum Gasteiger partial charge on any atom is 0.339 e. The van der Waals surface area contributed by atoms with Crippen LogP contribution in [0, 0.1) is 10.1 Å². The second-order valence-electron chi connectivity index (χ2n) is 6.08. The molecule has 10 nitrogen and oxygen atoms in total. The predicted octanol–water partition coefficient (Wildman–Crippen LogP) is 3.83. The van der Waals surface area contributed by atoms with Gasteiger partial charge >= 0.3 is 5.97 Å². The number of carboxylic acid groups (broad SMARTS) is 1. The number of methoxy groups -OCH3 is 1. The van der Waals surface area contributed by atoms with Crippen molar-refractivity contribution in [2.45, 2.75) is 6.61 Å². The fraction of sp³-hybridized carbons (Fsp3) is 0.0952. The first-order chi connectivity index (χ1) is 15.0. The molecule has 10 heteroatoms. The summed E-state index contributed by atoms with van der Waals surface area (Å²) in [7, 11) is 1.35. The molecule has 0 unspecified atom stereocenters. The minimum absolute atomic E-state index is 0.0107. The van der Waals surface area contributed by atoms with Gasteiger partial charge in [-0.1, -0.05) is 18.2 Å². The van der Waals surface area contributed by atoms with Gasteiger partial charge in [0.15, 0.2) is 0 Å². The summed E-state index contributed by atoms with van der Waals surface area (Å²) in [4.78, 5) is 29.8. The number of ether oxygens (including phenoxy) is 3. The summed E-state index contributed by atoms with van der Waals surface area (Å²) in [6, 6.07) is 13.9. The summed E-state index contributed by atoms with van der Waals surface area (Å²) in [5.74, 6) is -0.559. The van der Waals surface area contributed by atoms with E-state index in [1.165, 1.54) is 31.6 Å². The van der Waals surface area contributed by atoms with Gasteiger partial charge in [-0.15, -0.1) is 0 Å². The van der Waals surface area contributed by atoms with Crippen LogP contribution >= 0.6 is 0 Å². The zero-order chi connectivity index (χ0) is 22.2. The average Bonchev–Trinajstić information content (AvgIpc) is 2.77. The first-order valence-corrected chi connectivity index (χ1v) is 8.89. The van der Waals surface area contributed by atoms with Gasteiger partial charge in [0, 0.05) is 17.7 Å². The zero-order valence-electron chi connectivity index (χ0n) is 16.3. The van der Waals surface area contributed by atoms with Crippen molar-refractivity contribution < 1.29 is 29.0 Å². The van der Waals surface area contributed by atoms with Crippen LogP contribution in [0.4, 0.5) is 5.69 Å². The van der Waals surface area contributed by atoms with Crippen LogP contribution in [-0.4, -0.2) is 33.1 Å². The lowest BCUT2D eigenvalue weighted by molar-refractivity contribution is -0.384. The minimum atomic E-state index is -1.17. The lowest BCUT2D eigenvalue weighted by Gasteiger charge is -2.11. The molecule has 0 fully saturated rings. The number of carbonyl (C=O) groups is 1. The van der Waals surface area contributed by atoms with Crippen LogP contribution in [0.3, 0.4) is 0 Å². The average molecular weight is 423 g/mol. The van der Waals surface area contributed by atoms with Crippen LogP contribution in [0.2, 0.25) is 0 Å². The van der Waals surface area contributed by atoms with Crippen molar-refractivity contribution in [1.29, 1.82) is 0 Å². The van der Waals surface area contributed by atoms with Crippen molar-refractivity contribution in [2.75, 3.05) is 7.11 Å². The van der Waals surface area contributed by atoms with E-state index in [0.717, 1.165) is 6.26 Å². The first kappa shape index (κ1) is 21.2. The van der Waals surface area contributed by atoms with Crippen molar-refractivity contribution in [1.82, 2.24) is 9.97 Å². The molecule has 0 aliphatic rings. The van der Waals surface area contributed by atoms with Crippen molar-refractivity contribution in [3.63, 3.8) is 0 Å². The first-order valence-electron chi connectivity index (χ1n) is 8.89. The number of aliphatic carboxylic acids is 1. The molecule has 0 aliphatic heterocycles. The summed E-state index contributed by atoms with van der Waals surface area (Å²) in [6.07, 6.45) is 2.36. The van der Waals surface area contributed by atoms with E-state index in [0.29, 0.717) is 11.1 Å².